The topological polar surface area (TPSA) is 46.5 Å². The van der Waals surface area contributed by atoms with Crippen LogP contribution in [0.4, 0.5) is 39.5 Å². The van der Waals surface area contributed by atoms with Gasteiger partial charge in [-0.05, 0) is 48.5 Å². The van der Waals surface area contributed by atoms with Crippen molar-refractivity contribution in [2.45, 2.75) is 23.9 Å². The fourth-order valence-corrected chi connectivity index (χ4v) is 2.09. The maximum Gasteiger partial charge on any atom is 0.460 e. The molecule has 0 bridgehead atoms. The Kier molecular flexibility index (Phi) is 5.52. The molecular formula is C17H9F9O3. The third kappa shape index (κ3) is 3.96. The summed E-state index contributed by atoms with van der Waals surface area (Å²) in [5, 5.41) is 8.75. The highest BCUT2D eigenvalue weighted by Crippen LogP contribution is 2.56. The second kappa shape index (κ2) is 7.16. The molecule has 0 atom stereocenters. The zero-order valence-corrected chi connectivity index (χ0v) is 13.8. The molecule has 0 spiro atoms. The van der Waals surface area contributed by atoms with Crippen molar-refractivity contribution in [2.75, 3.05) is 0 Å². The second-order valence-electron chi connectivity index (χ2n) is 5.68. The van der Waals surface area contributed by atoms with E-state index in [1.54, 1.807) is 0 Å². The van der Waals surface area contributed by atoms with Gasteiger partial charge in [-0.15, -0.1) is 0 Å². The van der Waals surface area contributed by atoms with Gasteiger partial charge in [0.05, 0.1) is 5.56 Å². The van der Waals surface area contributed by atoms with Crippen LogP contribution in [0.25, 0.3) is 0 Å². The number of hydrogen-bond acceptors (Lipinski definition) is 2. The summed E-state index contributed by atoms with van der Waals surface area (Å²) in [5.41, 5.74) is -1.89. The second-order valence-corrected chi connectivity index (χ2v) is 5.68. The molecule has 0 amide bonds. The van der Waals surface area contributed by atoms with Crippen LogP contribution in [0.2, 0.25) is 0 Å². The Balaban J connectivity index is 2.27. The number of rotatable bonds is 6. The van der Waals surface area contributed by atoms with Crippen molar-refractivity contribution in [1.82, 2.24) is 0 Å². The zero-order valence-electron chi connectivity index (χ0n) is 13.8. The van der Waals surface area contributed by atoms with Gasteiger partial charge in [0.2, 0.25) is 0 Å². The highest BCUT2D eigenvalue weighted by molar-refractivity contribution is 5.87. The zero-order chi connectivity index (χ0) is 22.3. The Morgan fingerprint density at radius 3 is 1.48 bits per heavy atom. The Morgan fingerprint density at radius 2 is 1.10 bits per heavy atom. The molecule has 2 aromatic rings. The standard InChI is InChI=1S/C17H9F9O3/c18-14(19,15(20,21)16(22,23)17(24,25)26)10-3-7-12(8-4-10)29-11-5-1-9(2-6-11)13(27)28/h1-8H,(H,27,28). The molecule has 3 nitrogen and oxygen atoms in total. The molecule has 12 heteroatoms. The summed E-state index contributed by atoms with van der Waals surface area (Å²) < 4.78 is 122. The first-order chi connectivity index (χ1) is 13.1. The Bertz CT molecular complexity index is 873. The van der Waals surface area contributed by atoms with Crippen LogP contribution < -0.4 is 4.74 Å². The van der Waals surface area contributed by atoms with Crippen molar-refractivity contribution in [2.24, 2.45) is 0 Å². The average molecular weight is 432 g/mol. The molecule has 0 aromatic heterocycles. The van der Waals surface area contributed by atoms with Gasteiger partial charge in [0.15, 0.2) is 0 Å². The van der Waals surface area contributed by atoms with Crippen LogP contribution in [0.3, 0.4) is 0 Å². The van der Waals surface area contributed by atoms with Crippen molar-refractivity contribution in [3.05, 3.63) is 59.7 Å². The van der Waals surface area contributed by atoms with Crippen LogP contribution in [0.5, 0.6) is 11.5 Å². The summed E-state index contributed by atoms with van der Waals surface area (Å²) in [7, 11) is 0. The fourth-order valence-electron chi connectivity index (χ4n) is 2.09. The van der Waals surface area contributed by atoms with Gasteiger partial charge in [0, 0.05) is 5.56 Å². The van der Waals surface area contributed by atoms with E-state index in [0.717, 1.165) is 12.1 Å². The number of benzene rings is 2. The molecule has 2 rings (SSSR count). The molecule has 0 aliphatic rings. The lowest BCUT2D eigenvalue weighted by molar-refractivity contribution is -0.399. The first-order valence-corrected chi connectivity index (χ1v) is 7.43. The molecule has 0 fully saturated rings. The number of aromatic carboxylic acids is 1. The number of carboxylic acids is 1. The Hall–Kier alpha value is -2.92. The van der Waals surface area contributed by atoms with Crippen LogP contribution in [0, 0.1) is 0 Å². The van der Waals surface area contributed by atoms with Crippen LogP contribution in [0.15, 0.2) is 48.5 Å². The van der Waals surface area contributed by atoms with Crippen molar-refractivity contribution in [1.29, 1.82) is 0 Å². The van der Waals surface area contributed by atoms with E-state index in [2.05, 4.69) is 0 Å². The predicted octanol–water partition coefficient (Wildman–Crippen LogP) is 6.10. The molecule has 0 saturated carbocycles. The molecule has 1 N–H and O–H groups in total. The predicted molar refractivity (Wildman–Crippen MR) is 79.8 cm³/mol. The third-order valence-electron chi connectivity index (χ3n) is 3.70. The van der Waals surface area contributed by atoms with E-state index < -0.39 is 35.5 Å². The molecule has 0 unspecified atom stereocenters. The summed E-state index contributed by atoms with van der Waals surface area (Å²) in [5.74, 6) is -21.1. The number of carbonyl (C=O) groups is 1. The first kappa shape index (κ1) is 22.4. The highest BCUT2D eigenvalue weighted by atomic mass is 19.4. The third-order valence-corrected chi connectivity index (χ3v) is 3.70. The monoisotopic (exact) mass is 432 g/mol. The number of hydrogen-bond donors (Lipinski definition) is 1. The van der Waals surface area contributed by atoms with Gasteiger partial charge in [0.1, 0.15) is 11.5 Å². The summed E-state index contributed by atoms with van der Waals surface area (Å²) in [6, 6.07) is 6.36. The quantitative estimate of drug-likeness (QED) is 0.561. The van der Waals surface area contributed by atoms with Gasteiger partial charge < -0.3 is 9.84 Å². The number of carboxylic acid groups (broad SMARTS) is 1. The van der Waals surface area contributed by atoms with Crippen LogP contribution in [-0.4, -0.2) is 29.1 Å². The summed E-state index contributed by atoms with van der Waals surface area (Å²) in [6.07, 6.45) is -6.90. The Labute approximate surface area is 156 Å². The fraction of sp³-hybridized carbons (Fsp3) is 0.235. The molecule has 158 valence electrons. The Morgan fingerprint density at radius 1 is 0.690 bits per heavy atom. The van der Waals surface area contributed by atoms with Crippen LogP contribution >= 0.6 is 0 Å². The van der Waals surface area contributed by atoms with E-state index >= 15 is 0 Å². The van der Waals surface area contributed by atoms with E-state index in [4.69, 9.17) is 9.84 Å². The van der Waals surface area contributed by atoms with E-state index in [0.29, 0.717) is 12.1 Å². The molecule has 0 saturated heterocycles. The number of ether oxygens (including phenoxy) is 1. The molecule has 0 aliphatic heterocycles. The minimum Gasteiger partial charge on any atom is -0.478 e. The van der Waals surface area contributed by atoms with E-state index in [9.17, 15) is 44.3 Å². The number of alkyl halides is 9. The van der Waals surface area contributed by atoms with Gasteiger partial charge >= 0.3 is 29.9 Å². The van der Waals surface area contributed by atoms with Crippen molar-refractivity contribution in [3.8, 4) is 11.5 Å². The van der Waals surface area contributed by atoms with Crippen molar-refractivity contribution in [3.63, 3.8) is 0 Å². The van der Waals surface area contributed by atoms with Gasteiger partial charge in [-0.1, -0.05) is 0 Å². The maximum atomic E-state index is 13.8. The smallest absolute Gasteiger partial charge is 0.460 e. The summed E-state index contributed by atoms with van der Waals surface area (Å²) >= 11 is 0. The first-order valence-electron chi connectivity index (χ1n) is 7.43. The van der Waals surface area contributed by atoms with Gasteiger partial charge in [-0.3, -0.25) is 0 Å². The average Bonchev–Trinajstić information content (AvgIpc) is 2.61. The van der Waals surface area contributed by atoms with E-state index in [1.165, 1.54) is 12.1 Å². The molecular weight excluding hydrogens is 423 g/mol. The highest BCUT2D eigenvalue weighted by Gasteiger charge is 2.81. The summed E-state index contributed by atoms with van der Waals surface area (Å²) in [6.45, 7) is 0. The lowest BCUT2D eigenvalue weighted by Gasteiger charge is -2.33. The maximum absolute atomic E-state index is 13.8. The van der Waals surface area contributed by atoms with Crippen molar-refractivity contribution < 1.29 is 54.2 Å². The van der Waals surface area contributed by atoms with Gasteiger partial charge in [-0.25, -0.2) is 4.79 Å². The number of halogens is 9. The van der Waals surface area contributed by atoms with E-state index in [1.807, 2.05) is 0 Å². The SMILES string of the molecule is O=C(O)c1ccc(Oc2ccc(C(F)(F)C(F)(F)C(F)(F)C(F)(F)F)cc2)cc1. The molecule has 0 radical (unpaired) electrons. The minimum atomic E-state index is -6.98. The molecule has 2 aromatic carbocycles. The van der Waals surface area contributed by atoms with Crippen molar-refractivity contribution >= 4 is 5.97 Å². The van der Waals surface area contributed by atoms with Crippen LogP contribution in [-0.2, 0) is 5.92 Å². The normalized spacial score (nSPS) is 13.3. The van der Waals surface area contributed by atoms with Gasteiger partial charge in [0.25, 0.3) is 0 Å². The van der Waals surface area contributed by atoms with Crippen LogP contribution in [0.1, 0.15) is 15.9 Å². The molecule has 0 heterocycles. The largest absolute Gasteiger partial charge is 0.478 e. The lowest BCUT2D eigenvalue weighted by Crippen LogP contribution is -2.59. The summed E-state index contributed by atoms with van der Waals surface area (Å²) in [4.78, 5) is 10.7. The molecule has 29 heavy (non-hydrogen) atoms. The van der Waals surface area contributed by atoms with E-state index in [-0.39, 0.29) is 29.2 Å². The lowest BCUT2D eigenvalue weighted by atomic mass is 9.97. The molecule has 0 aliphatic carbocycles. The van der Waals surface area contributed by atoms with Gasteiger partial charge in [-0.2, -0.15) is 39.5 Å². The minimum absolute atomic E-state index is 0.0171.